The number of hydrogen-bond acceptors (Lipinski definition) is 4. The van der Waals surface area contributed by atoms with Crippen LogP contribution in [0.1, 0.15) is 17.7 Å². The fourth-order valence-electron chi connectivity index (χ4n) is 3.09. The van der Waals surface area contributed by atoms with Crippen LogP contribution in [0.2, 0.25) is 0 Å². The lowest BCUT2D eigenvalue weighted by molar-refractivity contribution is -0.126. The number of hydrogen-bond donors (Lipinski definition) is 1. The van der Waals surface area contributed by atoms with Gasteiger partial charge in [-0.05, 0) is 59.5 Å². The number of nitrogens with zero attached hydrogens (tertiary/aromatic N) is 1. The molecule has 1 fully saturated rings. The van der Waals surface area contributed by atoms with Crippen molar-refractivity contribution in [1.29, 1.82) is 0 Å². The third-order valence-corrected chi connectivity index (χ3v) is 8.19. The fourth-order valence-corrected chi connectivity index (χ4v) is 6.11. The predicted molar refractivity (Wildman–Crippen MR) is 107 cm³/mol. The standard InChI is InChI=1S/C18H20BrFN2O3S2/c19-17-6-5-14(26-17)7-10-21-18(23)13-8-11-22(12-9-13)27(24,25)16-4-2-1-3-15(16)20/h1-6,13H,7-12H2,(H,21,23). The van der Waals surface area contributed by atoms with Crippen molar-refractivity contribution in [2.75, 3.05) is 19.6 Å². The highest BCUT2D eigenvalue weighted by Gasteiger charge is 2.33. The van der Waals surface area contributed by atoms with Gasteiger partial charge in [0.2, 0.25) is 15.9 Å². The van der Waals surface area contributed by atoms with Crippen LogP contribution in [0.3, 0.4) is 0 Å². The van der Waals surface area contributed by atoms with Gasteiger partial charge in [-0.25, -0.2) is 12.8 Å². The first-order valence-electron chi connectivity index (χ1n) is 8.64. The molecule has 1 saturated heterocycles. The first-order valence-corrected chi connectivity index (χ1v) is 11.7. The Morgan fingerprint density at radius 2 is 1.93 bits per heavy atom. The molecule has 146 valence electrons. The highest BCUT2D eigenvalue weighted by atomic mass is 79.9. The Balaban J connectivity index is 1.51. The highest BCUT2D eigenvalue weighted by molar-refractivity contribution is 9.11. The number of halogens is 2. The van der Waals surface area contributed by atoms with Crippen LogP contribution in [-0.2, 0) is 21.2 Å². The van der Waals surface area contributed by atoms with Crippen molar-refractivity contribution < 1.29 is 17.6 Å². The van der Waals surface area contributed by atoms with Gasteiger partial charge in [0.05, 0.1) is 3.79 Å². The number of carbonyl (C=O) groups excluding carboxylic acids is 1. The first kappa shape index (κ1) is 20.4. The van der Waals surface area contributed by atoms with Crippen molar-refractivity contribution >= 4 is 43.2 Å². The lowest BCUT2D eigenvalue weighted by Gasteiger charge is -2.30. The van der Waals surface area contributed by atoms with Crippen LogP contribution < -0.4 is 5.32 Å². The summed E-state index contributed by atoms with van der Waals surface area (Å²) in [4.78, 5) is 13.2. The average Bonchev–Trinajstić information content (AvgIpc) is 3.07. The Hall–Kier alpha value is -1.29. The van der Waals surface area contributed by atoms with E-state index in [9.17, 15) is 17.6 Å². The van der Waals surface area contributed by atoms with Crippen LogP contribution >= 0.6 is 27.3 Å². The summed E-state index contributed by atoms with van der Waals surface area (Å²) in [5, 5.41) is 2.93. The number of carbonyl (C=O) groups is 1. The molecule has 9 heteroatoms. The minimum atomic E-state index is -3.87. The zero-order chi connectivity index (χ0) is 19.4. The molecule has 1 aliphatic heterocycles. The van der Waals surface area contributed by atoms with Crippen molar-refractivity contribution in [1.82, 2.24) is 9.62 Å². The van der Waals surface area contributed by atoms with Crippen LogP contribution in [0.4, 0.5) is 4.39 Å². The molecule has 0 bridgehead atoms. The van der Waals surface area contributed by atoms with E-state index in [1.807, 2.05) is 12.1 Å². The van der Waals surface area contributed by atoms with Gasteiger partial charge >= 0.3 is 0 Å². The SMILES string of the molecule is O=C(NCCc1ccc(Br)s1)C1CCN(S(=O)(=O)c2ccccc2F)CC1. The summed E-state index contributed by atoms with van der Waals surface area (Å²) in [6.45, 7) is 0.985. The van der Waals surface area contributed by atoms with E-state index in [0.717, 1.165) is 16.3 Å². The smallest absolute Gasteiger partial charge is 0.245 e. The monoisotopic (exact) mass is 474 g/mol. The van der Waals surface area contributed by atoms with E-state index in [0.29, 0.717) is 19.4 Å². The van der Waals surface area contributed by atoms with E-state index in [-0.39, 0.29) is 29.8 Å². The molecule has 1 aromatic heterocycles. The van der Waals surface area contributed by atoms with Gasteiger partial charge < -0.3 is 5.32 Å². The molecule has 0 unspecified atom stereocenters. The van der Waals surface area contributed by atoms with E-state index >= 15 is 0 Å². The number of thiophene rings is 1. The van der Waals surface area contributed by atoms with Crippen LogP contribution in [0.5, 0.6) is 0 Å². The average molecular weight is 475 g/mol. The Labute approximate surface area is 170 Å². The quantitative estimate of drug-likeness (QED) is 0.697. The van der Waals surface area contributed by atoms with Crippen LogP contribution in [0.15, 0.2) is 45.1 Å². The molecule has 0 atom stereocenters. The van der Waals surface area contributed by atoms with Gasteiger partial charge in [0.15, 0.2) is 0 Å². The molecule has 1 amide bonds. The maximum Gasteiger partial charge on any atom is 0.245 e. The molecule has 1 aliphatic rings. The molecular weight excluding hydrogens is 455 g/mol. The zero-order valence-electron chi connectivity index (χ0n) is 14.5. The van der Waals surface area contributed by atoms with Crippen molar-refractivity contribution in [3.63, 3.8) is 0 Å². The largest absolute Gasteiger partial charge is 0.355 e. The van der Waals surface area contributed by atoms with Gasteiger partial charge in [-0.2, -0.15) is 4.31 Å². The zero-order valence-corrected chi connectivity index (χ0v) is 17.7. The number of rotatable bonds is 6. The molecule has 0 radical (unpaired) electrons. The second kappa shape index (κ2) is 8.81. The molecule has 27 heavy (non-hydrogen) atoms. The van der Waals surface area contributed by atoms with Crippen molar-refractivity contribution in [3.05, 3.63) is 50.9 Å². The molecule has 2 heterocycles. The minimum Gasteiger partial charge on any atom is -0.355 e. The summed E-state index contributed by atoms with van der Waals surface area (Å²) in [5.41, 5.74) is 0. The van der Waals surface area contributed by atoms with Crippen LogP contribution in [0.25, 0.3) is 0 Å². The lowest BCUT2D eigenvalue weighted by Crippen LogP contribution is -2.43. The molecule has 3 rings (SSSR count). The maximum absolute atomic E-state index is 13.9. The third kappa shape index (κ3) is 4.96. The summed E-state index contributed by atoms with van der Waals surface area (Å²) in [6, 6.07) is 9.37. The third-order valence-electron chi connectivity index (χ3n) is 4.58. The fraction of sp³-hybridized carbons (Fsp3) is 0.389. The molecule has 5 nitrogen and oxygen atoms in total. The van der Waals surface area contributed by atoms with Crippen LogP contribution in [0, 0.1) is 11.7 Å². The second-order valence-corrected chi connectivity index (χ2v) is 10.8. The van der Waals surface area contributed by atoms with E-state index in [2.05, 4.69) is 21.2 Å². The predicted octanol–water partition coefficient (Wildman–Crippen LogP) is 3.41. The Bertz CT molecular complexity index is 909. The minimum absolute atomic E-state index is 0.0476. The summed E-state index contributed by atoms with van der Waals surface area (Å²) in [6.07, 6.45) is 1.64. The molecule has 0 aliphatic carbocycles. The summed E-state index contributed by atoms with van der Waals surface area (Å²) >= 11 is 5.05. The molecule has 0 spiro atoms. The number of amides is 1. The van der Waals surface area contributed by atoms with Crippen LogP contribution in [-0.4, -0.2) is 38.3 Å². The summed E-state index contributed by atoms with van der Waals surface area (Å²) in [5.74, 6) is -1.02. The number of sulfonamides is 1. The van der Waals surface area contributed by atoms with Crippen molar-refractivity contribution in [2.45, 2.75) is 24.2 Å². The maximum atomic E-state index is 13.9. The van der Waals surface area contributed by atoms with Gasteiger partial charge in [-0.15, -0.1) is 11.3 Å². The number of benzene rings is 1. The first-order chi connectivity index (χ1) is 12.9. The Morgan fingerprint density at radius 3 is 2.56 bits per heavy atom. The molecule has 1 aromatic carbocycles. The normalized spacial score (nSPS) is 16.4. The number of piperidine rings is 1. The van der Waals surface area contributed by atoms with Gasteiger partial charge in [0, 0.05) is 30.4 Å². The van der Waals surface area contributed by atoms with E-state index < -0.39 is 15.8 Å². The molecular formula is C18H20BrFN2O3S2. The molecule has 2 aromatic rings. The Morgan fingerprint density at radius 1 is 1.22 bits per heavy atom. The van der Waals surface area contributed by atoms with Crippen molar-refractivity contribution in [2.24, 2.45) is 5.92 Å². The molecule has 0 saturated carbocycles. The van der Waals surface area contributed by atoms with Gasteiger partial charge in [0.1, 0.15) is 10.7 Å². The van der Waals surface area contributed by atoms with E-state index in [4.69, 9.17) is 0 Å². The second-order valence-electron chi connectivity index (χ2n) is 6.36. The molecule has 1 N–H and O–H groups in total. The van der Waals surface area contributed by atoms with E-state index in [1.165, 1.54) is 27.4 Å². The van der Waals surface area contributed by atoms with Gasteiger partial charge in [0.25, 0.3) is 0 Å². The summed E-state index contributed by atoms with van der Waals surface area (Å²) < 4.78 is 41.4. The summed E-state index contributed by atoms with van der Waals surface area (Å²) in [7, 11) is -3.87. The number of nitrogens with one attached hydrogen (secondary N) is 1. The van der Waals surface area contributed by atoms with E-state index in [1.54, 1.807) is 11.3 Å². The van der Waals surface area contributed by atoms with Gasteiger partial charge in [-0.1, -0.05) is 12.1 Å². The van der Waals surface area contributed by atoms with Crippen molar-refractivity contribution in [3.8, 4) is 0 Å². The lowest BCUT2D eigenvalue weighted by atomic mass is 9.97. The topological polar surface area (TPSA) is 66.5 Å². The Kier molecular flexibility index (Phi) is 6.67. The van der Waals surface area contributed by atoms with Gasteiger partial charge in [-0.3, -0.25) is 4.79 Å². The highest BCUT2D eigenvalue weighted by Crippen LogP contribution is 2.25.